The van der Waals surface area contributed by atoms with Crippen molar-refractivity contribution in [2.45, 2.75) is 25.7 Å². The highest BCUT2D eigenvalue weighted by molar-refractivity contribution is 5.70. The molecule has 5 rings (SSSR count). The predicted octanol–water partition coefficient (Wildman–Crippen LogP) is 6.90. The van der Waals surface area contributed by atoms with Crippen LogP contribution in [0.25, 0.3) is 22.3 Å². The minimum atomic E-state index is 1.06. The molecule has 0 nitrogen and oxygen atoms in total. The molecule has 1 aliphatic rings. The molecule has 0 radical (unpaired) electrons. The van der Waals surface area contributed by atoms with Gasteiger partial charge in [0.05, 0.1) is 0 Å². The van der Waals surface area contributed by atoms with Gasteiger partial charge in [-0.25, -0.2) is 0 Å². The van der Waals surface area contributed by atoms with Gasteiger partial charge in [-0.3, -0.25) is 0 Å². The third-order valence-electron chi connectivity index (χ3n) is 5.88. The second-order valence-corrected chi connectivity index (χ2v) is 7.72. The standard InChI is InChI=1S/C28H24/c1-3-13-27-23(9-1)17-15-21-7-6-12-26(20-21)28-14-4-2-10-24(28)18-16-22-8-5-11-25(27)19-22/h1-14,19-20H,15-18H2. The Morgan fingerprint density at radius 3 is 1.36 bits per heavy atom. The van der Waals surface area contributed by atoms with E-state index >= 15 is 0 Å². The van der Waals surface area contributed by atoms with Crippen molar-refractivity contribution in [1.82, 2.24) is 0 Å². The molecule has 0 saturated heterocycles. The molecule has 0 atom stereocenters. The summed E-state index contributed by atoms with van der Waals surface area (Å²) in [4.78, 5) is 0. The van der Waals surface area contributed by atoms with Gasteiger partial charge in [-0.15, -0.1) is 0 Å². The highest BCUT2D eigenvalue weighted by atomic mass is 14.1. The molecule has 4 bridgehead atoms. The van der Waals surface area contributed by atoms with E-state index in [1.165, 1.54) is 44.5 Å². The van der Waals surface area contributed by atoms with Crippen molar-refractivity contribution in [3.05, 3.63) is 119 Å². The van der Waals surface area contributed by atoms with Crippen LogP contribution in [0.1, 0.15) is 22.3 Å². The summed E-state index contributed by atoms with van der Waals surface area (Å²) >= 11 is 0. The lowest BCUT2D eigenvalue weighted by Crippen LogP contribution is -1.98. The van der Waals surface area contributed by atoms with Crippen LogP contribution >= 0.6 is 0 Å². The summed E-state index contributed by atoms with van der Waals surface area (Å²) in [5.74, 6) is 0. The fourth-order valence-electron chi connectivity index (χ4n) is 4.39. The average Bonchev–Trinajstić information content (AvgIpc) is 2.77. The Bertz CT molecular complexity index is 1030. The molecule has 0 N–H and O–H groups in total. The van der Waals surface area contributed by atoms with Gasteiger partial charge in [0.15, 0.2) is 0 Å². The Hall–Kier alpha value is -3.12. The second-order valence-electron chi connectivity index (χ2n) is 7.72. The zero-order valence-corrected chi connectivity index (χ0v) is 16.1. The SMILES string of the molecule is c1cc2cc(c1)-c1ccccc1CCc1cccc(c1)-c1ccccc1CC2. The van der Waals surface area contributed by atoms with E-state index in [4.69, 9.17) is 0 Å². The van der Waals surface area contributed by atoms with Crippen LogP contribution in [0.15, 0.2) is 97.1 Å². The lowest BCUT2D eigenvalue weighted by molar-refractivity contribution is 0.952. The Labute approximate surface area is 167 Å². The summed E-state index contributed by atoms with van der Waals surface area (Å²) in [6, 6.07) is 36.0. The Morgan fingerprint density at radius 1 is 0.393 bits per heavy atom. The molecule has 136 valence electrons. The lowest BCUT2D eigenvalue weighted by Gasteiger charge is -2.15. The van der Waals surface area contributed by atoms with Gasteiger partial charge in [-0.2, -0.15) is 0 Å². The first kappa shape index (κ1) is 17.0. The first-order valence-electron chi connectivity index (χ1n) is 10.2. The molecule has 4 aromatic carbocycles. The van der Waals surface area contributed by atoms with Gasteiger partial charge in [-0.05, 0) is 70.2 Å². The van der Waals surface area contributed by atoms with E-state index < -0.39 is 0 Å². The predicted molar refractivity (Wildman–Crippen MR) is 119 cm³/mol. The van der Waals surface area contributed by atoms with Gasteiger partial charge in [-0.1, -0.05) is 97.1 Å². The fourth-order valence-corrected chi connectivity index (χ4v) is 4.39. The van der Waals surface area contributed by atoms with E-state index in [-0.39, 0.29) is 0 Å². The highest BCUT2D eigenvalue weighted by Gasteiger charge is 2.10. The number of rotatable bonds is 0. The van der Waals surface area contributed by atoms with Gasteiger partial charge < -0.3 is 0 Å². The van der Waals surface area contributed by atoms with Crippen molar-refractivity contribution in [3.8, 4) is 22.3 Å². The van der Waals surface area contributed by atoms with Crippen LogP contribution in [-0.4, -0.2) is 0 Å². The maximum atomic E-state index is 2.38. The Kier molecular flexibility index (Phi) is 4.54. The zero-order valence-electron chi connectivity index (χ0n) is 16.1. The molecule has 0 heterocycles. The molecular weight excluding hydrogens is 336 g/mol. The zero-order chi connectivity index (χ0) is 18.8. The van der Waals surface area contributed by atoms with Crippen molar-refractivity contribution in [3.63, 3.8) is 0 Å². The summed E-state index contributed by atoms with van der Waals surface area (Å²) < 4.78 is 0. The summed E-state index contributed by atoms with van der Waals surface area (Å²) in [7, 11) is 0. The van der Waals surface area contributed by atoms with Crippen LogP contribution in [-0.2, 0) is 25.7 Å². The normalized spacial score (nSPS) is 13.1. The van der Waals surface area contributed by atoms with Crippen LogP contribution < -0.4 is 0 Å². The van der Waals surface area contributed by atoms with Crippen LogP contribution in [0, 0.1) is 0 Å². The van der Waals surface area contributed by atoms with E-state index in [9.17, 15) is 0 Å². The minimum absolute atomic E-state index is 1.06. The van der Waals surface area contributed by atoms with Crippen LogP contribution in [0.3, 0.4) is 0 Å². The third kappa shape index (κ3) is 3.39. The molecule has 28 heavy (non-hydrogen) atoms. The smallest absolute Gasteiger partial charge is 0.0152 e. The van der Waals surface area contributed by atoms with E-state index in [1.54, 1.807) is 0 Å². The topological polar surface area (TPSA) is 0 Å². The van der Waals surface area contributed by atoms with E-state index in [0.717, 1.165) is 25.7 Å². The van der Waals surface area contributed by atoms with Gasteiger partial charge in [0.2, 0.25) is 0 Å². The number of fused-ring (bicyclic) bond motifs is 8. The molecule has 0 unspecified atom stereocenters. The summed E-state index contributed by atoms with van der Waals surface area (Å²) in [6.07, 6.45) is 4.25. The van der Waals surface area contributed by atoms with Crippen molar-refractivity contribution in [2.24, 2.45) is 0 Å². The molecule has 0 heteroatoms. The van der Waals surface area contributed by atoms with E-state index in [0.29, 0.717) is 0 Å². The van der Waals surface area contributed by atoms with Crippen molar-refractivity contribution in [2.75, 3.05) is 0 Å². The lowest BCUT2D eigenvalue weighted by atomic mass is 9.90. The summed E-state index contributed by atoms with van der Waals surface area (Å²) in [5.41, 5.74) is 11.1. The van der Waals surface area contributed by atoms with Gasteiger partial charge in [0.1, 0.15) is 0 Å². The summed E-state index contributed by atoms with van der Waals surface area (Å²) in [6.45, 7) is 0. The first-order chi connectivity index (χ1) is 13.9. The fraction of sp³-hybridized carbons (Fsp3) is 0.143. The number of aryl methyl sites for hydroxylation is 4. The van der Waals surface area contributed by atoms with Crippen LogP contribution in [0.2, 0.25) is 0 Å². The minimum Gasteiger partial charge on any atom is -0.0620 e. The van der Waals surface area contributed by atoms with E-state index in [2.05, 4.69) is 97.1 Å². The van der Waals surface area contributed by atoms with E-state index in [1.807, 2.05) is 0 Å². The molecular formula is C28H24. The van der Waals surface area contributed by atoms with Gasteiger partial charge in [0.25, 0.3) is 0 Å². The van der Waals surface area contributed by atoms with Crippen LogP contribution in [0.4, 0.5) is 0 Å². The molecule has 0 fully saturated rings. The van der Waals surface area contributed by atoms with Crippen LogP contribution in [0.5, 0.6) is 0 Å². The van der Waals surface area contributed by atoms with Crippen molar-refractivity contribution in [1.29, 1.82) is 0 Å². The molecule has 4 aromatic rings. The maximum Gasteiger partial charge on any atom is -0.0152 e. The summed E-state index contributed by atoms with van der Waals surface area (Å²) in [5, 5.41) is 0. The average molecular weight is 361 g/mol. The Balaban J connectivity index is 1.65. The van der Waals surface area contributed by atoms with Gasteiger partial charge >= 0.3 is 0 Å². The van der Waals surface area contributed by atoms with Gasteiger partial charge in [0, 0.05) is 0 Å². The maximum absolute atomic E-state index is 2.38. The number of hydrogen-bond donors (Lipinski definition) is 0. The molecule has 0 saturated carbocycles. The first-order valence-corrected chi connectivity index (χ1v) is 10.2. The molecule has 0 spiro atoms. The monoisotopic (exact) mass is 360 g/mol. The second kappa shape index (κ2) is 7.48. The number of benzene rings is 4. The molecule has 0 aromatic heterocycles. The van der Waals surface area contributed by atoms with Crippen molar-refractivity contribution >= 4 is 0 Å². The third-order valence-corrected chi connectivity index (χ3v) is 5.88. The van der Waals surface area contributed by atoms with Crippen molar-refractivity contribution < 1.29 is 0 Å². The molecule has 1 aliphatic carbocycles. The number of hydrogen-bond acceptors (Lipinski definition) is 0. The molecule has 0 aliphatic heterocycles. The molecule has 0 amide bonds. The highest BCUT2D eigenvalue weighted by Crippen LogP contribution is 2.29. The quantitative estimate of drug-likeness (QED) is 0.320. The largest absolute Gasteiger partial charge is 0.0620 e. The Morgan fingerprint density at radius 2 is 0.857 bits per heavy atom.